The summed E-state index contributed by atoms with van der Waals surface area (Å²) in [6.07, 6.45) is 3.19. The van der Waals surface area contributed by atoms with Gasteiger partial charge in [0.1, 0.15) is 0 Å². The first-order chi connectivity index (χ1) is 8.35. The van der Waals surface area contributed by atoms with Gasteiger partial charge in [-0.05, 0) is 42.5 Å². The Bertz CT molecular complexity index is 476. The number of benzene rings is 1. The smallest absolute Gasteiger partial charge is 0.0482 e. The van der Waals surface area contributed by atoms with Crippen LogP contribution in [-0.2, 0) is 17.8 Å². The first-order valence-electron chi connectivity index (χ1n) is 6.20. The number of nitrogens with zero attached hydrogens (tertiary/aromatic N) is 1. The van der Waals surface area contributed by atoms with Crippen LogP contribution in [0.4, 0.5) is 0 Å². The predicted octanol–water partition coefficient (Wildman–Crippen LogP) is 2.53. The van der Waals surface area contributed by atoms with Gasteiger partial charge in [-0.15, -0.1) is 0 Å². The Morgan fingerprint density at radius 2 is 2.18 bits per heavy atom. The second kappa shape index (κ2) is 5.84. The third kappa shape index (κ3) is 2.87. The molecule has 0 fully saturated rings. The van der Waals surface area contributed by atoms with Gasteiger partial charge in [0.2, 0.25) is 0 Å². The number of ether oxygens (including phenoxy) is 1. The van der Waals surface area contributed by atoms with E-state index in [0.717, 1.165) is 26.2 Å². The Labute approximate surface area is 102 Å². The van der Waals surface area contributed by atoms with Crippen molar-refractivity contribution in [3.8, 4) is 0 Å². The quantitative estimate of drug-likeness (QED) is 0.777. The van der Waals surface area contributed by atoms with E-state index in [1.807, 2.05) is 6.92 Å². The maximum atomic E-state index is 5.64. The summed E-state index contributed by atoms with van der Waals surface area (Å²) in [5, 5.41) is 1.27. The Morgan fingerprint density at radius 1 is 1.29 bits per heavy atom. The molecule has 3 nitrogen and oxygen atoms in total. The summed E-state index contributed by atoms with van der Waals surface area (Å²) in [5.41, 5.74) is 8.10. The number of aryl methyl sites for hydroxylation is 1. The Morgan fingerprint density at radius 3 is 2.94 bits per heavy atom. The average molecular weight is 232 g/mol. The fourth-order valence-electron chi connectivity index (χ4n) is 2.05. The van der Waals surface area contributed by atoms with Gasteiger partial charge in [0.05, 0.1) is 0 Å². The van der Waals surface area contributed by atoms with Gasteiger partial charge in [-0.3, -0.25) is 0 Å². The van der Waals surface area contributed by atoms with Crippen molar-refractivity contribution in [3.05, 3.63) is 36.0 Å². The lowest BCUT2D eigenvalue weighted by atomic mass is 10.1. The highest BCUT2D eigenvalue weighted by molar-refractivity contribution is 5.80. The van der Waals surface area contributed by atoms with Crippen LogP contribution < -0.4 is 5.73 Å². The molecule has 3 heteroatoms. The van der Waals surface area contributed by atoms with Gasteiger partial charge < -0.3 is 15.0 Å². The SMILES string of the molecule is CCOCCCn1ccc2cc(CN)ccc21. The Kier molecular flexibility index (Phi) is 4.18. The molecule has 0 radical (unpaired) electrons. The van der Waals surface area contributed by atoms with Crippen molar-refractivity contribution < 1.29 is 4.74 Å². The summed E-state index contributed by atoms with van der Waals surface area (Å²) >= 11 is 0. The van der Waals surface area contributed by atoms with Crippen LogP contribution in [0.5, 0.6) is 0 Å². The molecule has 2 N–H and O–H groups in total. The largest absolute Gasteiger partial charge is 0.382 e. The van der Waals surface area contributed by atoms with Crippen LogP contribution in [0.3, 0.4) is 0 Å². The lowest BCUT2D eigenvalue weighted by Crippen LogP contribution is -2.01. The van der Waals surface area contributed by atoms with E-state index in [1.54, 1.807) is 0 Å². The number of nitrogens with two attached hydrogens (primary N) is 1. The molecule has 0 unspecified atom stereocenters. The summed E-state index contributed by atoms with van der Waals surface area (Å²) in [4.78, 5) is 0. The van der Waals surface area contributed by atoms with E-state index in [0.29, 0.717) is 6.54 Å². The van der Waals surface area contributed by atoms with Gasteiger partial charge in [0.15, 0.2) is 0 Å². The molecule has 0 atom stereocenters. The monoisotopic (exact) mass is 232 g/mol. The molecule has 0 amide bonds. The van der Waals surface area contributed by atoms with Crippen molar-refractivity contribution in [2.45, 2.75) is 26.4 Å². The minimum Gasteiger partial charge on any atom is -0.382 e. The summed E-state index contributed by atoms with van der Waals surface area (Å²) in [5.74, 6) is 0. The van der Waals surface area contributed by atoms with Crippen LogP contribution >= 0.6 is 0 Å². The molecular formula is C14H20N2O. The van der Waals surface area contributed by atoms with Crippen molar-refractivity contribution in [1.82, 2.24) is 4.57 Å². The van der Waals surface area contributed by atoms with E-state index in [9.17, 15) is 0 Å². The number of aromatic nitrogens is 1. The lowest BCUT2D eigenvalue weighted by molar-refractivity contribution is 0.142. The summed E-state index contributed by atoms with van der Waals surface area (Å²) in [6, 6.07) is 8.56. The molecule has 0 spiro atoms. The molecule has 92 valence electrons. The summed E-state index contributed by atoms with van der Waals surface area (Å²) < 4.78 is 7.62. The molecule has 1 aromatic carbocycles. The minimum absolute atomic E-state index is 0.603. The van der Waals surface area contributed by atoms with Crippen LogP contribution in [-0.4, -0.2) is 17.8 Å². The highest BCUT2D eigenvalue weighted by Gasteiger charge is 2.01. The summed E-state index contributed by atoms with van der Waals surface area (Å²) in [7, 11) is 0. The van der Waals surface area contributed by atoms with Crippen molar-refractivity contribution in [1.29, 1.82) is 0 Å². The molecule has 0 saturated carbocycles. The lowest BCUT2D eigenvalue weighted by Gasteiger charge is -2.06. The van der Waals surface area contributed by atoms with Gasteiger partial charge in [-0.25, -0.2) is 0 Å². The maximum Gasteiger partial charge on any atom is 0.0482 e. The van der Waals surface area contributed by atoms with Gasteiger partial charge in [0, 0.05) is 38.0 Å². The van der Waals surface area contributed by atoms with E-state index in [-0.39, 0.29) is 0 Å². The van der Waals surface area contributed by atoms with Crippen LogP contribution in [0.15, 0.2) is 30.5 Å². The molecule has 0 aliphatic heterocycles. The minimum atomic E-state index is 0.603. The second-order valence-electron chi connectivity index (χ2n) is 4.16. The van der Waals surface area contributed by atoms with Crippen LogP contribution in [0.1, 0.15) is 18.9 Å². The van der Waals surface area contributed by atoms with Gasteiger partial charge >= 0.3 is 0 Å². The standard InChI is InChI=1S/C14H20N2O/c1-2-17-9-3-7-16-8-6-13-10-12(11-15)4-5-14(13)16/h4-6,8,10H,2-3,7,9,11,15H2,1H3. The topological polar surface area (TPSA) is 40.2 Å². The van der Waals surface area contributed by atoms with Crippen molar-refractivity contribution in [2.75, 3.05) is 13.2 Å². The third-order valence-corrected chi connectivity index (χ3v) is 2.96. The first-order valence-corrected chi connectivity index (χ1v) is 6.20. The third-order valence-electron chi connectivity index (χ3n) is 2.96. The molecule has 0 aliphatic rings. The maximum absolute atomic E-state index is 5.64. The van der Waals surface area contributed by atoms with Crippen LogP contribution in [0.25, 0.3) is 10.9 Å². The number of hydrogen-bond donors (Lipinski definition) is 1. The van der Waals surface area contributed by atoms with E-state index < -0.39 is 0 Å². The molecule has 17 heavy (non-hydrogen) atoms. The highest BCUT2D eigenvalue weighted by Crippen LogP contribution is 2.17. The highest BCUT2D eigenvalue weighted by atomic mass is 16.5. The predicted molar refractivity (Wildman–Crippen MR) is 70.9 cm³/mol. The molecule has 0 saturated heterocycles. The van der Waals surface area contributed by atoms with Crippen LogP contribution in [0, 0.1) is 0 Å². The number of fused-ring (bicyclic) bond motifs is 1. The normalized spacial score (nSPS) is 11.2. The first kappa shape index (κ1) is 12.1. The van der Waals surface area contributed by atoms with E-state index in [1.165, 1.54) is 16.5 Å². The molecule has 2 aromatic rings. The zero-order chi connectivity index (χ0) is 12.1. The number of hydrogen-bond acceptors (Lipinski definition) is 2. The molecule has 1 heterocycles. The average Bonchev–Trinajstić information content (AvgIpc) is 2.77. The summed E-state index contributed by atoms with van der Waals surface area (Å²) in [6.45, 7) is 5.26. The molecular weight excluding hydrogens is 212 g/mol. The fraction of sp³-hybridized carbons (Fsp3) is 0.429. The fourth-order valence-corrected chi connectivity index (χ4v) is 2.05. The van der Waals surface area contributed by atoms with Gasteiger partial charge in [-0.1, -0.05) is 6.07 Å². The number of rotatable bonds is 6. The molecule has 2 rings (SSSR count). The second-order valence-corrected chi connectivity index (χ2v) is 4.16. The Balaban J connectivity index is 2.08. The van der Waals surface area contributed by atoms with E-state index >= 15 is 0 Å². The molecule has 1 aromatic heterocycles. The van der Waals surface area contributed by atoms with Crippen molar-refractivity contribution in [2.24, 2.45) is 5.73 Å². The van der Waals surface area contributed by atoms with Gasteiger partial charge in [0.25, 0.3) is 0 Å². The molecule has 0 aliphatic carbocycles. The Hall–Kier alpha value is -1.32. The van der Waals surface area contributed by atoms with Crippen molar-refractivity contribution >= 4 is 10.9 Å². The van der Waals surface area contributed by atoms with Crippen LogP contribution in [0.2, 0.25) is 0 Å². The van der Waals surface area contributed by atoms with E-state index in [2.05, 4.69) is 35.0 Å². The zero-order valence-corrected chi connectivity index (χ0v) is 10.4. The van der Waals surface area contributed by atoms with Crippen molar-refractivity contribution in [3.63, 3.8) is 0 Å². The molecule has 0 bridgehead atoms. The van der Waals surface area contributed by atoms with Gasteiger partial charge in [-0.2, -0.15) is 0 Å². The zero-order valence-electron chi connectivity index (χ0n) is 10.4. The van der Waals surface area contributed by atoms with E-state index in [4.69, 9.17) is 10.5 Å².